The molecular weight excluding hydrogens is 378 g/mol. The molecule has 0 aliphatic heterocycles. The first kappa shape index (κ1) is 18.7. The fourth-order valence-electron chi connectivity index (χ4n) is 3.09. The number of benzene rings is 2. The van der Waals surface area contributed by atoms with Crippen LogP contribution in [0.25, 0.3) is 30.6 Å². The van der Waals surface area contributed by atoms with Crippen molar-refractivity contribution >= 4 is 22.7 Å². The lowest BCUT2D eigenvalue weighted by molar-refractivity contribution is 0.590. The Hall–Kier alpha value is -2.67. The Bertz CT molecular complexity index is 1130. The first-order chi connectivity index (χ1) is 13.4. The van der Waals surface area contributed by atoms with Crippen LogP contribution in [0.2, 0.25) is 0 Å². The van der Waals surface area contributed by atoms with E-state index in [1.54, 1.807) is 11.3 Å². The molecule has 0 spiro atoms. The van der Waals surface area contributed by atoms with E-state index in [4.69, 9.17) is 5.26 Å². The molecule has 0 fully saturated rings. The van der Waals surface area contributed by atoms with Gasteiger partial charge in [-0.3, -0.25) is 0 Å². The average Bonchev–Trinajstić information content (AvgIpc) is 3.37. The minimum atomic E-state index is 0.179. The molecule has 28 heavy (non-hydrogen) atoms. The standard InChI is InChI=1S/C25H21NS2/c1-25(2,3)20-10-8-19(9-11-20)22-13-15-24(28-22)23-14-12-21(27-23)18-6-4-17(16-26)5-7-18/h4-15H,1-3H3. The number of nitrogens with zero attached hydrogens (tertiary/aromatic N) is 1. The summed E-state index contributed by atoms with van der Waals surface area (Å²) in [5.74, 6) is 0. The Morgan fingerprint density at radius 2 is 1.04 bits per heavy atom. The van der Waals surface area contributed by atoms with Crippen LogP contribution in [-0.2, 0) is 5.41 Å². The molecule has 0 saturated carbocycles. The molecule has 4 aromatic rings. The summed E-state index contributed by atoms with van der Waals surface area (Å²) in [5.41, 5.74) is 4.66. The topological polar surface area (TPSA) is 23.8 Å². The van der Waals surface area contributed by atoms with Crippen molar-refractivity contribution in [1.82, 2.24) is 0 Å². The second-order valence-corrected chi connectivity index (χ2v) is 10.0. The zero-order valence-corrected chi connectivity index (χ0v) is 17.8. The molecule has 0 N–H and O–H groups in total. The summed E-state index contributed by atoms with van der Waals surface area (Å²) in [7, 11) is 0. The lowest BCUT2D eigenvalue weighted by atomic mass is 9.86. The molecule has 3 heteroatoms. The number of nitriles is 1. The van der Waals surface area contributed by atoms with Crippen molar-refractivity contribution in [1.29, 1.82) is 5.26 Å². The van der Waals surface area contributed by atoms with Crippen LogP contribution in [0.4, 0.5) is 0 Å². The smallest absolute Gasteiger partial charge is 0.0991 e. The van der Waals surface area contributed by atoms with Crippen molar-refractivity contribution in [3.05, 3.63) is 83.9 Å². The van der Waals surface area contributed by atoms with E-state index >= 15 is 0 Å². The third-order valence-corrected chi connectivity index (χ3v) is 7.25. The molecule has 0 aliphatic carbocycles. The van der Waals surface area contributed by atoms with Gasteiger partial charge in [0.05, 0.1) is 11.6 Å². The molecule has 2 heterocycles. The summed E-state index contributed by atoms with van der Waals surface area (Å²) < 4.78 is 0. The molecule has 0 amide bonds. The van der Waals surface area contributed by atoms with E-state index < -0.39 is 0 Å². The van der Waals surface area contributed by atoms with E-state index in [9.17, 15) is 0 Å². The van der Waals surface area contributed by atoms with Gasteiger partial charge >= 0.3 is 0 Å². The Morgan fingerprint density at radius 3 is 1.46 bits per heavy atom. The molecule has 0 unspecified atom stereocenters. The summed E-state index contributed by atoms with van der Waals surface area (Å²) in [5, 5.41) is 8.96. The molecule has 0 atom stereocenters. The molecule has 2 aromatic carbocycles. The Labute approximate surface area is 174 Å². The van der Waals surface area contributed by atoms with Crippen LogP contribution in [0.3, 0.4) is 0 Å². The quantitative estimate of drug-likeness (QED) is 0.342. The van der Waals surface area contributed by atoms with Crippen LogP contribution in [0.5, 0.6) is 0 Å². The van der Waals surface area contributed by atoms with E-state index in [0.717, 1.165) is 5.56 Å². The van der Waals surface area contributed by atoms with Gasteiger partial charge in [-0.1, -0.05) is 57.2 Å². The first-order valence-corrected chi connectivity index (χ1v) is 10.9. The predicted octanol–water partition coefficient (Wildman–Crippen LogP) is 7.98. The summed E-state index contributed by atoms with van der Waals surface area (Å²) in [6.07, 6.45) is 0. The van der Waals surface area contributed by atoms with Crippen LogP contribution in [0.1, 0.15) is 31.9 Å². The van der Waals surface area contributed by atoms with Crippen LogP contribution in [-0.4, -0.2) is 0 Å². The van der Waals surface area contributed by atoms with Gasteiger partial charge in [0.2, 0.25) is 0 Å². The predicted molar refractivity (Wildman–Crippen MR) is 122 cm³/mol. The Morgan fingerprint density at radius 1 is 0.607 bits per heavy atom. The number of thiophene rings is 2. The highest BCUT2D eigenvalue weighted by atomic mass is 32.1. The van der Waals surface area contributed by atoms with E-state index in [1.165, 1.54) is 30.6 Å². The highest BCUT2D eigenvalue weighted by Gasteiger charge is 2.14. The van der Waals surface area contributed by atoms with Crippen LogP contribution in [0, 0.1) is 11.3 Å². The lowest BCUT2D eigenvalue weighted by Gasteiger charge is -2.18. The van der Waals surface area contributed by atoms with Gasteiger partial charge in [0, 0.05) is 19.5 Å². The minimum absolute atomic E-state index is 0.179. The van der Waals surface area contributed by atoms with Crippen molar-refractivity contribution in [2.24, 2.45) is 0 Å². The SMILES string of the molecule is CC(C)(C)c1ccc(-c2ccc(-c3ccc(-c4ccc(C#N)cc4)s3)s2)cc1. The normalized spacial score (nSPS) is 11.4. The van der Waals surface area contributed by atoms with Crippen LogP contribution < -0.4 is 0 Å². The fourth-order valence-corrected chi connectivity index (χ4v) is 5.21. The van der Waals surface area contributed by atoms with E-state index in [2.05, 4.69) is 75.4 Å². The zero-order valence-electron chi connectivity index (χ0n) is 16.2. The minimum Gasteiger partial charge on any atom is -0.192 e. The molecule has 4 rings (SSSR count). The molecule has 0 bridgehead atoms. The maximum absolute atomic E-state index is 8.96. The second kappa shape index (κ2) is 7.39. The highest BCUT2D eigenvalue weighted by Crippen LogP contribution is 2.40. The molecule has 138 valence electrons. The summed E-state index contributed by atoms with van der Waals surface area (Å²) in [6, 6.07) is 27.7. The van der Waals surface area contributed by atoms with Crippen molar-refractivity contribution in [3.8, 4) is 36.7 Å². The molecule has 0 saturated heterocycles. The largest absolute Gasteiger partial charge is 0.192 e. The Balaban J connectivity index is 1.58. The van der Waals surface area contributed by atoms with Crippen LogP contribution in [0.15, 0.2) is 72.8 Å². The zero-order chi connectivity index (χ0) is 19.7. The maximum Gasteiger partial charge on any atom is 0.0991 e. The first-order valence-electron chi connectivity index (χ1n) is 9.25. The molecule has 2 aromatic heterocycles. The highest BCUT2D eigenvalue weighted by molar-refractivity contribution is 7.25. The molecule has 0 aliphatic rings. The molecule has 1 nitrogen and oxygen atoms in total. The van der Waals surface area contributed by atoms with Gasteiger partial charge in [-0.25, -0.2) is 0 Å². The van der Waals surface area contributed by atoms with Gasteiger partial charge in [0.25, 0.3) is 0 Å². The summed E-state index contributed by atoms with van der Waals surface area (Å²) >= 11 is 3.63. The van der Waals surface area contributed by atoms with Crippen molar-refractivity contribution in [2.45, 2.75) is 26.2 Å². The summed E-state index contributed by atoms with van der Waals surface area (Å²) in [6.45, 7) is 6.73. The second-order valence-electron chi connectivity index (χ2n) is 7.84. The van der Waals surface area contributed by atoms with E-state index in [0.29, 0.717) is 5.56 Å². The molecule has 0 radical (unpaired) electrons. The third kappa shape index (κ3) is 3.80. The number of rotatable bonds is 3. The fraction of sp³-hybridized carbons (Fsp3) is 0.160. The maximum atomic E-state index is 8.96. The number of hydrogen-bond donors (Lipinski definition) is 0. The van der Waals surface area contributed by atoms with Gasteiger partial charge in [0.1, 0.15) is 0 Å². The van der Waals surface area contributed by atoms with E-state index in [1.807, 2.05) is 35.6 Å². The van der Waals surface area contributed by atoms with Gasteiger partial charge in [-0.05, 0) is 58.5 Å². The van der Waals surface area contributed by atoms with Crippen molar-refractivity contribution in [3.63, 3.8) is 0 Å². The number of hydrogen-bond acceptors (Lipinski definition) is 3. The third-order valence-electron chi connectivity index (χ3n) is 4.79. The van der Waals surface area contributed by atoms with Crippen molar-refractivity contribution in [2.75, 3.05) is 0 Å². The van der Waals surface area contributed by atoms with Gasteiger partial charge < -0.3 is 0 Å². The van der Waals surface area contributed by atoms with Gasteiger partial charge in [-0.2, -0.15) is 5.26 Å². The molecular formula is C25H21NS2. The van der Waals surface area contributed by atoms with Crippen molar-refractivity contribution < 1.29 is 0 Å². The average molecular weight is 400 g/mol. The Kier molecular flexibility index (Phi) is 4.93. The monoisotopic (exact) mass is 399 g/mol. The lowest BCUT2D eigenvalue weighted by Crippen LogP contribution is -2.10. The van der Waals surface area contributed by atoms with E-state index in [-0.39, 0.29) is 5.41 Å². The summed E-state index contributed by atoms with van der Waals surface area (Å²) in [4.78, 5) is 5.09. The van der Waals surface area contributed by atoms with Gasteiger partial charge in [-0.15, -0.1) is 22.7 Å². The van der Waals surface area contributed by atoms with Crippen LogP contribution >= 0.6 is 22.7 Å². The van der Waals surface area contributed by atoms with Gasteiger partial charge in [0.15, 0.2) is 0 Å².